The van der Waals surface area contributed by atoms with Crippen LogP contribution in [0.1, 0.15) is 24.8 Å². The maximum atomic E-state index is 12.3. The van der Waals surface area contributed by atoms with Crippen LogP contribution in [0, 0.1) is 11.3 Å². The molecule has 0 bridgehead atoms. The van der Waals surface area contributed by atoms with Crippen LogP contribution in [0.25, 0.3) is 0 Å². The van der Waals surface area contributed by atoms with Gasteiger partial charge in [-0.15, -0.1) is 0 Å². The Morgan fingerprint density at radius 2 is 2.10 bits per heavy atom. The van der Waals surface area contributed by atoms with E-state index in [0.717, 1.165) is 25.1 Å². The SMILES string of the molecule is COCCC1(CNC(=O)C(CN)Cc2ccccc2)CC1. The molecule has 1 atom stereocenters. The summed E-state index contributed by atoms with van der Waals surface area (Å²) in [5, 5.41) is 3.09. The van der Waals surface area contributed by atoms with Crippen molar-refractivity contribution in [3.05, 3.63) is 35.9 Å². The van der Waals surface area contributed by atoms with Gasteiger partial charge in [-0.05, 0) is 36.7 Å². The first-order valence-corrected chi connectivity index (χ1v) is 7.70. The Hall–Kier alpha value is -1.39. The van der Waals surface area contributed by atoms with Crippen molar-refractivity contribution in [2.24, 2.45) is 17.1 Å². The number of methoxy groups -OCH3 is 1. The van der Waals surface area contributed by atoms with Gasteiger partial charge in [-0.25, -0.2) is 0 Å². The summed E-state index contributed by atoms with van der Waals surface area (Å²) in [4.78, 5) is 12.3. The zero-order valence-electron chi connectivity index (χ0n) is 12.8. The molecule has 0 saturated heterocycles. The molecule has 1 amide bonds. The topological polar surface area (TPSA) is 64.3 Å². The van der Waals surface area contributed by atoms with E-state index in [1.807, 2.05) is 30.3 Å². The van der Waals surface area contributed by atoms with Gasteiger partial charge in [-0.1, -0.05) is 30.3 Å². The predicted molar refractivity (Wildman–Crippen MR) is 83.9 cm³/mol. The van der Waals surface area contributed by atoms with Crippen LogP contribution in [-0.2, 0) is 16.0 Å². The summed E-state index contributed by atoms with van der Waals surface area (Å²) in [6, 6.07) is 10.0. The molecule has 1 aliphatic rings. The second-order valence-corrected chi connectivity index (χ2v) is 6.08. The molecule has 1 aromatic rings. The largest absolute Gasteiger partial charge is 0.385 e. The minimum absolute atomic E-state index is 0.0741. The van der Waals surface area contributed by atoms with E-state index < -0.39 is 0 Å². The number of carbonyl (C=O) groups excluding carboxylic acids is 1. The van der Waals surface area contributed by atoms with E-state index in [4.69, 9.17) is 10.5 Å². The summed E-state index contributed by atoms with van der Waals surface area (Å²) in [5.41, 5.74) is 7.21. The zero-order valence-corrected chi connectivity index (χ0v) is 12.8. The lowest BCUT2D eigenvalue weighted by atomic mass is 9.97. The van der Waals surface area contributed by atoms with Crippen molar-refractivity contribution in [1.29, 1.82) is 0 Å². The van der Waals surface area contributed by atoms with Crippen LogP contribution in [0.15, 0.2) is 30.3 Å². The zero-order chi connectivity index (χ0) is 15.1. The van der Waals surface area contributed by atoms with E-state index in [2.05, 4.69) is 5.32 Å². The molecule has 0 radical (unpaired) electrons. The number of nitrogens with two attached hydrogens (primary N) is 1. The normalized spacial score (nSPS) is 17.2. The maximum Gasteiger partial charge on any atom is 0.224 e. The fourth-order valence-electron chi connectivity index (χ4n) is 2.61. The van der Waals surface area contributed by atoms with Crippen molar-refractivity contribution >= 4 is 5.91 Å². The highest BCUT2D eigenvalue weighted by Crippen LogP contribution is 2.48. The molecule has 0 spiro atoms. The van der Waals surface area contributed by atoms with E-state index in [1.54, 1.807) is 7.11 Å². The summed E-state index contributed by atoms with van der Waals surface area (Å²) in [6.07, 6.45) is 4.09. The standard InChI is InChI=1S/C17H26N2O2/c1-21-10-9-17(7-8-17)13-19-16(20)15(12-18)11-14-5-3-2-4-6-14/h2-6,15H,7-13,18H2,1H3,(H,19,20). The van der Waals surface area contributed by atoms with Gasteiger partial charge < -0.3 is 15.8 Å². The van der Waals surface area contributed by atoms with Crippen LogP contribution in [-0.4, -0.2) is 32.7 Å². The molecule has 0 heterocycles. The molecule has 1 fully saturated rings. The van der Waals surface area contributed by atoms with Crippen molar-refractivity contribution in [3.63, 3.8) is 0 Å². The van der Waals surface area contributed by atoms with Crippen molar-refractivity contribution in [1.82, 2.24) is 5.32 Å². The highest BCUT2D eigenvalue weighted by Gasteiger charge is 2.42. The van der Waals surface area contributed by atoms with Crippen molar-refractivity contribution in [2.75, 3.05) is 26.8 Å². The molecule has 116 valence electrons. The van der Waals surface area contributed by atoms with Gasteiger partial charge in [0.05, 0.1) is 5.92 Å². The van der Waals surface area contributed by atoms with Crippen LogP contribution < -0.4 is 11.1 Å². The van der Waals surface area contributed by atoms with Crippen LogP contribution in [0.3, 0.4) is 0 Å². The van der Waals surface area contributed by atoms with E-state index in [-0.39, 0.29) is 17.2 Å². The molecule has 4 heteroatoms. The Bertz CT molecular complexity index is 443. The molecular formula is C17H26N2O2. The van der Waals surface area contributed by atoms with Gasteiger partial charge in [-0.3, -0.25) is 4.79 Å². The second-order valence-electron chi connectivity index (χ2n) is 6.08. The number of hydrogen-bond acceptors (Lipinski definition) is 3. The molecule has 1 aromatic carbocycles. The third kappa shape index (κ3) is 4.83. The molecule has 1 saturated carbocycles. The fourth-order valence-corrected chi connectivity index (χ4v) is 2.61. The Morgan fingerprint density at radius 3 is 2.67 bits per heavy atom. The van der Waals surface area contributed by atoms with Crippen molar-refractivity contribution < 1.29 is 9.53 Å². The maximum absolute atomic E-state index is 12.3. The molecular weight excluding hydrogens is 264 g/mol. The number of carbonyl (C=O) groups is 1. The monoisotopic (exact) mass is 290 g/mol. The second kappa shape index (κ2) is 7.57. The third-order valence-electron chi connectivity index (χ3n) is 4.41. The number of rotatable bonds is 9. The lowest BCUT2D eigenvalue weighted by molar-refractivity contribution is -0.125. The summed E-state index contributed by atoms with van der Waals surface area (Å²) in [5.74, 6) is -0.0735. The highest BCUT2D eigenvalue weighted by atomic mass is 16.5. The molecule has 1 unspecified atom stereocenters. The first-order chi connectivity index (χ1) is 10.2. The average Bonchev–Trinajstić information content (AvgIpc) is 3.30. The molecule has 21 heavy (non-hydrogen) atoms. The van der Waals surface area contributed by atoms with Gasteiger partial charge in [-0.2, -0.15) is 0 Å². The van der Waals surface area contributed by atoms with Crippen LogP contribution in [0.5, 0.6) is 0 Å². The van der Waals surface area contributed by atoms with Gasteiger partial charge in [0.1, 0.15) is 0 Å². The average molecular weight is 290 g/mol. The van der Waals surface area contributed by atoms with Crippen LogP contribution >= 0.6 is 0 Å². The highest BCUT2D eigenvalue weighted by molar-refractivity contribution is 5.79. The molecule has 2 rings (SSSR count). The van der Waals surface area contributed by atoms with Gasteiger partial charge >= 0.3 is 0 Å². The molecule has 4 nitrogen and oxygen atoms in total. The lowest BCUT2D eigenvalue weighted by Gasteiger charge is -2.19. The summed E-state index contributed by atoms with van der Waals surface area (Å²) in [6.45, 7) is 1.90. The Morgan fingerprint density at radius 1 is 1.38 bits per heavy atom. The van der Waals surface area contributed by atoms with Crippen LogP contribution in [0.2, 0.25) is 0 Å². The molecule has 0 aliphatic heterocycles. The van der Waals surface area contributed by atoms with E-state index in [9.17, 15) is 4.79 Å². The molecule has 3 N–H and O–H groups in total. The van der Waals surface area contributed by atoms with Gasteiger partial charge in [0.15, 0.2) is 0 Å². The molecule has 1 aliphatic carbocycles. The quantitative estimate of drug-likeness (QED) is 0.728. The summed E-state index contributed by atoms with van der Waals surface area (Å²) >= 11 is 0. The Balaban J connectivity index is 1.80. The van der Waals surface area contributed by atoms with E-state index >= 15 is 0 Å². The first-order valence-electron chi connectivity index (χ1n) is 7.70. The van der Waals surface area contributed by atoms with Gasteiger partial charge in [0, 0.05) is 26.8 Å². The number of ether oxygens (including phenoxy) is 1. The predicted octanol–water partition coefficient (Wildman–Crippen LogP) is 1.74. The lowest BCUT2D eigenvalue weighted by Crippen LogP contribution is -2.39. The number of nitrogens with one attached hydrogen (secondary N) is 1. The van der Waals surface area contributed by atoms with Crippen molar-refractivity contribution in [2.45, 2.75) is 25.7 Å². The fraction of sp³-hybridized carbons (Fsp3) is 0.588. The molecule has 0 aromatic heterocycles. The number of benzene rings is 1. The van der Waals surface area contributed by atoms with E-state index in [0.29, 0.717) is 13.0 Å². The number of amides is 1. The summed E-state index contributed by atoms with van der Waals surface area (Å²) < 4.78 is 5.14. The van der Waals surface area contributed by atoms with Gasteiger partial charge in [0.2, 0.25) is 5.91 Å². The smallest absolute Gasteiger partial charge is 0.224 e. The van der Waals surface area contributed by atoms with E-state index in [1.165, 1.54) is 12.8 Å². The Labute approximate surface area is 127 Å². The minimum Gasteiger partial charge on any atom is -0.385 e. The third-order valence-corrected chi connectivity index (χ3v) is 4.41. The Kier molecular flexibility index (Phi) is 5.76. The first kappa shape index (κ1) is 16.0. The van der Waals surface area contributed by atoms with Crippen molar-refractivity contribution in [3.8, 4) is 0 Å². The summed E-state index contributed by atoms with van der Waals surface area (Å²) in [7, 11) is 1.72. The van der Waals surface area contributed by atoms with Crippen LogP contribution in [0.4, 0.5) is 0 Å². The number of hydrogen-bond donors (Lipinski definition) is 2. The minimum atomic E-state index is -0.148. The van der Waals surface area contributed by atoms with Gasteiger partial charge in [0.25, 0.3) is 0 Å².